The van der Waals surface area contributed by atoms with Gasteiger partial charge < -0.3 is 11.5 Å². The smallest absolute Gasteiger partial charge is 0.267 e. The Labute approximate surface area is 111 Å². The normalized spacial score (nSPS) is 10.6. The Kier molecular flexibility index (Phi) is 3.50. The molecule has 2 aromatic heterocycles. The first kappa shape index (κ1) is 13.1. The molecule has 0 aliphatic rings. The molecule has 100 valence electrons. The van der Waals surface area contributed by atoms with Crippen LogP contribution in [0.15, 0.2) is 18.2 Å². The van der Waals surface area contributed by atoms with E-state index in [4.69, 9.17) is 11.5 Å². The molecule has 4 N–H and O–H groups in total. The van der Waals surface area contributed by atoms with Crippen LogP contribution in [0.4, 0.5) is 5.69 Å². The van der Waals surface area contributed by atoms with E-state index in [1.807, 2.05) is 13.8 Å². The minimum atomic E-state index is -0.559. The fourth-order valence-electron chi connectivity index (χ4n) is 1.98. The fourth-order valence-corrected chi connectivity index (χ4v) is 1.98. The van der Waals surface area contributed by atoms with Gasteiger partial charge in [0.25, 0.3) is 5.91 Å². The summed E-state index contributed by atoms with van der Waals surface area (Å²) in [5.74, 6) is -0.00436. The first-order chi connectivity index (χ1) is 9.08. The number of hydrogen-bond acceptors (Lipinski definition) is 4. The maximum Gasteiger partial charge on any atom is 0.267 e. The SMILES string of the molecule is CCc1nn(-c2cccc(C(N)=O)n2)c(CC)c1N. The molecular formula is C13H17N5O. The molecule has 0 aromatic carbocycles. The van der Waals surface area contributed by atoms with Crippen molar-refractivity contribution >= 4 is 11.6 Å². The number of hydrogen-bond donors (Lipinski definition) is 2. The second-order valence-electron chi connectivity index (χ2n) is 4.17. The van der Waals surface area contributed by atoms with E-state index in [0.717, 1.165) is 24.2 Å². The molecule has 2 rings (SSSR count). The van der Waals surface area contributed by atoms with E-state index < -0.39 is 5.91 Å². The number of nitrogens with zero attached hydrogens (tertiary/aromatic N) is 3. The lowest BCUT2D eigenvalue weighted by atomic mass is 10.2. The Morgan fingerprint density at radius 1 is 1.32 bits per heavy atom. The molecular weight excluding hydrogens is 242 g/mol. The van der Waals surface area contributed by atoms with Crippen LogP contribution in [0.1, 0.15) is 35.7 Å². The van der Waals surface area contributed by atoms with Crippen molar-refractivity contribution in [1.29, 1.82) is 0 Å². The lowest BCUT2D eigenvalue weighted by Crippen LogP contribution is -2.15. The topological polar surface area (TPSA) is 99.8 Å². The summed E-state index contributed by atoms with van der Waals surface area (Å²) in [6.07, 6.45) is 1.49. The number of aromatic nitrogens is 3. The predicted octanol–water partition coefficient (Wildman–Crippen LogP) is 1.07. The highest BCUT2D eigenvalue weighted by atomic mass is 16.1. The Bertz CT molecular complexity index is 617. The molecule has 1 amide bonds. The molecule has 0 spiro atoms. The second kappa shape index (κ2) is 5.09. The second-order valence-corrected chi connectivity index (χ2v) is 4.17. The lowest BCUT2D eigenvalue weighted by molar-refractivity contribution is 0.0995. The van der Waals surface area contributed by atoms with E-state index >= 15 is 0 Å². The Morgan fingerprint density at radius 3 is 2.63 bits per heavy atom. The number of nitrogens with two attached hydrogens (primary N) is 2. The molecule has 19 heavy (non-hydrogen) atoms. The summed E-state index contributed by atoms with van der Waals surface area (Å²) < 4.78 is 1.68. The van der Waals surface area contributed by atoms with E-state index in [9.17, 15) is 4.79 Å². The zero-order chi connectivity index (χ0) is 14.0. The van der Waals surface area contributed by atoms with Gasteiger partial charge in [-0.2, -0.15) is 5.10 Å². The first-order valence-electron chi connectivity index (χ1n) is 6.21. The number of anilines is 1. The molecule has 0 radical (unpaired) electrons. The number of carbonyl (C=O) groups is 1. The lowest BCUT2D eigenvalue weighted by Gasteiger charge is -2.06. The van der Waals surface area contributed by atoms with Crippen molar-refractivity contribution in [3.05, 3.63) is 35.3 Å². The molecule has 0 aliphatic heterocycles. The van der Waals surface area contributed by atoms with E-state index in [1.165, 1.54) is 0 Å². The molecule has 0 aliphatic carbocycles. The predicted molar refractivity (Wildman–Crippen MR) is 73.0 cm³/mol. The molecule has 0 saturated carbocycles. The third-order valence-electron chi connectivity index (χ3n) is 2.97. The summed E-state index contributed by atoms with van der Waals surface area (Å²) in [5, 5.41) is 4.45. The van der Waals surface area contributed by atoms with E-state index in [-0.39, 0.29) is 5.69 Å². The van der Waals surface area contributed by atoms with Gasteiger partial charge in [0.05, 0.1) is 17.1 Å². The average Bonchev–Trinajstić information content (AvgIpc) is 2.75. The van der Waals surface area contributed by atoms with Crippen molar-refractivity contribution in [3.63, 3.8) is 0 Å². The van der Waals surface area contributed by atoms with E-state index in [2.05, 4.69) is 10.1 Å². The van der Waals surface area contributed by atoms with Gasteiger partial charge in [0, 0.05) is 0 Å². The number of carbonyl (C=O) groups excluding carboxylic acids is 1. The summed E-state index contributed by atoms with van der Waals surface area (Å²) in [6.45, 7) is 4.00. The molecule has 0 fully saturated rings. The van der Waals surface area contributed by atoms with Crippen LogP contribution >= 0.6 is 0 Å². The summed E-state index contributed by atoms with van der Waals surface area (Å²) in [6, 6.07) is 5.08. The molecule has 0 bridgehead atoms. The van der Waals surface area contributed by atoms with Gasteiger partial charge in [0.2, 0.25) is 0 Å². The number of nitrogen functional groups attached to an aromatic ring is 1. The average molecular weight is 259 g/mol. The third kappa shape index (κ3) is 2.29. The minimum Gasteiger partial charge on any atom is -0.396 e. The quantitative estimate of drug-likeness (QED) is 0.857. The largest absolute Gasteiger partial charge is 0.396 e. The molecule has 0 saturated heterocycles. The summed E-state index contributed by atoms with van der Waals surface area (Å²) in [5.41, 5.74) is 13.9. The van der Waals surface area contributed by atoms with Crippen molar-refractivity contribution in [2.75, 3.05) is 5.73 Å². The van der Waals surface area contributed by atoms with Crippen LogP contribution in [0.3, 0.4) is 0 Å². The highest BCUT2D eigenvalue weighted by molar-refractivity contribution is 5.90. The van der Waals surface area contributed by atoms with Crippen LogP contribution in [-0.2, 0) is 12.8 Å². The van der Waals surface area contributed by atoms with Gasteiger partial charge in [-0.05, 0) is 25.0 Å². The molecule has 6 heteroatoms. The molecule has 6 nitrogen and oxygen atoms in total. The van der Waals surface area contributed by atoms with Gasteiger partial charge in [0.1, 0.15) is 5.69 Å². The van der Waals surface area contributed by atoms with Crippen molar-refractivity contribution < 1.29 is 4.79 Å². The van der Waals surface area contributed by atoms with Crippen LogP contribution in [0, 0.1) is 0 Å². The van der Waals surface area contributed by atoms with Crippen LogP contribution in [0.5, 0.6) is 0 Å². The molecule has 0 atom stereocenters. The molecule has 2 aromatic rings. The highest BCUT2D eigenvalue weighted by Crippen LogP contribution is 2.21. The standard InChI is InChI=1S/C13H17N5O/c1-3-8-12(14)10(4-2)18(17-8)11-7-5-6-9(16-11)13(15)19/h5-7H,3-4,14H2,1-2H3,(H2,15,19). The van der Waals surface area contributed by atoms with Crippen LogP contribution in [0.2, 0.25) is 0 Å². The van der Waals surface area contributed by atoms with E-state index in [1.54, 1.807) is 22.9 Å². The first-order valence-corrected chi connectivity index (χ1v) is 6.21. The minimum absolute atomic E-state index is 0.215. The fraction of sp³-hybridized carbons (Fsp3) is 0.308. The number of rotatable bonds is 4. The van der Waals surface area contributed by atoms with Gasteiger partial charge in [-0.1, -0.05) is 19.9 Å². The number of aryl methyl sites for hydroxylation is 1. The van der Waals surface area contributed by atoms with Gasteiger partial charge in [-0.15, -0.1) is 0 Å². The zero-order valence-corrected chi connectivity index (χ0v) is 11.1. The monoisotopic (exact) mass is 259 g/mol. The number of amides is 1. The maximum atomic E-state index is 11.2. The van der Waals surface area contributed by atoms with Crippen molar-refractivity contribution in [2.24, 2.45) is 5.73 Å². The number of primary amides is 1. The van der Waals surface area contributed by atoms with Crippen molar-refractivity contribution in [2.45, 2.75) is 26.7 Å². The summed E-state index contributed by atoms with van der Waals surface area (Å²) in [7, 11) is 0. The number of pyridine rings is 1. The van der Waals surface area contributed by atoms with Gasteiger partial charge in [0.15, 0.2) is 5.82 Å². The van der Waals surface area contributed by atoms with E-state index in [0.29, 0.717) is 11.5 Å². The third-order valence-corrected chi connectivity index (χ3v) is 2.97. The molecule has 0 unspecified atom stereocenters. The van der Waals surface area contributed by atoms with Crippen LogP contribution < -0.4 is 11.5 Å². The van der Waals surface area contributed by atoms with Gasteiger partial charge in [-0.25, -0.2) is 9.67 Å². The highest BCUT2D eigenvalue weighted by Gasteiger charge is 2.15. The van der Waals surface area contributed by atoms with Gasteiger partial charge in [-0.3, -0.25) is 4.79 Å². The van der Waals surface area contributed by atoms with Crippen molar-refractivity contribution in [1.82, 2.24) is 14.8 Å². The molecule has 2 heterocycles. The summed E-state index contributed by atoms with van der Waals surface area (Å²) >= 11 is 0. The van der Waals surface area contributed by atoms with Crippen LogP contribution in [-0.4, -0.2) is 20.7 Å². The van der Waals surface area contributed by atoms with Gasteiger partial charge >= 0.3 is 0 Å². The zero-order valence-electron chi connectivity index (χ0n) is 11.1. The summed E-state index contributed by atoms with van der Waals surface area (Å²) in [4.78, 5) is 15.4. The Hall–Kier alpha value is -2.37. The Morgan fingerprint density at radius 2 is 2.05 bits per heavy atom. The van der Waals surface area contributed by atoms with Crippen molar-refractivity contribution in [3.8, 4) is 5.82 Å². The van der Waals surface area contributed by atoms with Crippen LogP contribution in [0.25, 0.3) is 5.82 Å². The maximum absolute atomic E-state index is 11.2. The Balaban J connectivity index is 2.58.